The summed E-state index contributed by atoms with van der Waals surface area (Å²) in [4.78, 5) is 11.1. The van der Waals surface area contributed by atoms with Crippen molar-refractivity contribution in [3.8, 4) is 39.5 Å². The van der Waals surface area contributed by atoms with Crippen molar-refractivity contribution in [2.75, 3.05) is 0 Å². The Morgan fingerprint density at radius 2 is 1.22 bits per heavy atom. The summed E-state index contributed by atoms with van der Waals surface area (Å²) in [6.07, 6.45) is 0. The van der Waals surface area contributed by atoms with Crippen molar-refractivity contribution in [1.29, 1.82) is 0 Å². The number of benzene rings is 6. The first kappa shape index (κ1) is 26.4. The van der Waals surface area contributed by atoms with Crippen LogP contribution in [-0.4, -0.2) is 14.5 Å². The lowest BCUT2D eigenvalue weighted by Gasteiger charge is -2.21. The summed E-state index contributed by atoms with van der Waals surface area (Å²) in [6, 6.07) is 47.5. The highest BCUT2D eigenvalue weighted by molar-refractivity contribution is 9.10. The second-order valence-electron chi connectivity index (χ2n) is 12.3. The largest absolute Gasteiger partial charge is 0.309 e. The molecular weight excluding hydrogens is 614 g/mol. The van der Waals surface area contributed by atoms with Crippen LogP contribution in [0.2, 0.25) is 0 Å². The molecule has 0 N–H and O–H groups in total. The summed E-state index contributed by atoms with van der Waals surface area (Å²) in [5.74, 6) is 0. The van der Waals surface area contributed by atoms with Gasteiger partial charge in [-0.1, -0.05) is 133 Å². The molecule has 6 aromatic carbocycles. The third-order valence-corrected chi connectivity index (χ3v) is 10.1. The van der Waals surface area contributed by atoms with Crippen LogP contribution in [0.15, 0.2) is 138 Å². The fourth-order valence-electron chi connectivity index (χ4n) is 7.26. The van der Waals surface area contributed by atoms with Crippen molar-refractivity contribution >= 4 is 48.5 Å². The number of nitrogens with zero attached hydrogens (tertiary/aromatic N) is 3. The first-order chi connectivity index (χ1) is 22.0. The van der Waals surface area contributed by atoms with E-state index in [0.29, 0.717) is 0 Å². The molecule has 4 heteroatoms. The van der Waals surface area contributed by atoms with Crippen LogP contribution in [0.3, 0.4) is 0 Å². The van der Waals surface area contributed by atoms with E-state index in [1.807, 2.05) is 0 Å². The second-order valence-corrected chi connectivity index (χ2v) is 13.2. The van der Waals surface area contributed by atoms with Crippen LogP contribution >= 0.6 is 15.9 Å². The Bertz CT molecular complexity index is 2470. The third-order valence-electron chi connectivity index (χ3n) is 9.43. The topological polar surface area (TPSA) is 30.7 Å². The molecule has 0 saturated heterocycles. The molecule has 8 aromatic rings. The first-order valence-corrected chi connectivity index (χ1v) is 16.1. The molecule has 0 atom stereocenters. The van der Waals surface area contributed by atoms with Gasteiger partial charge in [0, 0.05) is 43.0 Å². The van der Waals surface area contributed by atoms with Crippen molar-refractivity contribution in [3.05, 3.63) is 149 Å². The van der Waals surface area contributed by atoms with Gasteiger partial charge in [0.1, 0.15) is 0 Å². The maximum Gasteiger partial charge on any atom is 0.0979 e. The van der Waals surface area contributed by atoms with Gasteiger partial charge in [-0.3, -0.25) is 0 Å². The Labute approximate surface area is 270 Å². The normalized spacial score (nSPS) is 13.4. The van der Waals surface area contributed by atoms with Gasteiger partial charge >= 0.3 is 0 Å². The zero-order valence-corrected chi connectivity index (χ0v) is 26.5. The standard InChI is InChI=1S/C41H28BrN3/c1-41(2)33-19-8-6-15-32(33)39-40(41)44-37(38(43-39)31-18-10-17-28-27(31)16-11-20-34(28)42)25-22-23-30-29-14-7-9-21-35(29)45(36(30)24-25)26-12-4-3-5-13-26/h3-24H,1-2H3. The Balaban J connectivity index is 1.39. The minimum absolute atomic E-state index is 0.267. The second kappa shape index (κ2) is 9.72. The van der Waals surface area contributed by atoms with Gasteiger partial charge in [-0.15, -0.1) is 0 Å². The van der Waals surface area contributed by atoms with E-state index in [0.717, 1.165) is 60.4 Å². The molecule has 0 fully saturated rings. The summed E-state index contributed by atoms with van der Waals surface area (Å²) < 4.78 is 3.43. The highest BCUT2D eigenvalue weighted by Gasteiger charge is 2.39. The average molecular weight is 643 g/mol. The van der Waals surface area contributed by atoms with Gasteiger partial charge in [-0.05, 0) is 46.7 Å². The van der Waals surface area contributed by atoms with Gasteiger partial charge in [0.2, 0.25) is 0 Å². The first-order valence-electron chi connectivity index (χ1n) is 15.3. The molecule has 214 valence electrons. The van der Waals surface area contributed by atoms with Gasteiger partial charge < -0.3 is 4.57 Å². The van der Waals surface area contributed by atoms with Gasteiger partial charge in [0.25, 0.3) is 0 Å². The SMILES string of the molecule is CC1(C)c2ccccc2-c2nc(-c3cccc4c(Br)cccc34)c(-c3ccc4c5ccccc5n(-c5ccccc5)c4c3)nc21. The minimum atomic E-state index is -0.267. The molecule has 2 aromatic heterocycles. The maximum atomic E-state index is 5.58. The number of rotatable bonds is 3. The molecule has 9 rings (SSSR count). The van der Waals surface area contributed by atoms with Gasteiger partial charge in [-0.25, -0.2) is 9.97 Å². The van der Waals surface area contributed by atoms with Crippen molar-refractivity contribution in [3.63, 3.8) is 0 Å². The number of para-hydroxylation sites is 2. The van der Waals surface area contributed by atoms with E-state index >= 15 is 0 Å². The fourth-order valence-corrected chi connectivity index (χ4v) is 7.76. The Morgan fingerprint density at radius 1 is 0.533 bits per heavy atom. The number of hydrogen-bond donors (Lipinski definition) is 0. The third kappa shape index (κ3) is 3.82. The lowest BCUT2D eigenvalue weighted by molar-refractivity contribution is 0.636. The Kier molecular flexibility index (Phi) is 5.69. The van der Waals surface area contributed by atoms with Crippen LogP contribution in [-0.2, 0) is 5.41 Å². The lowest BCUT2D eigenvalue weighted by Crippen LogP contribution is -2.17. The summed E-state index contributed by atoms with van der Waals surface area (Å²) in [5, 5.41) is 4.75. The maximum absolute atomic E-state index is 5.58. The summed E-state index contributed by atoms with van der Waals surface area (Å²) in [6.45, 7) is 4.53. The highest BCUT2D eigenvalue weighted by atomic mass is 79.9. The van der Waals surface area contributed by atoms with E-state index in [4.69, 9.17) is 9.97 Å². The Hall–Kier alpha value is -5.06. The summed E-state index contributed by atoms with van der Waals surface area (Å²) >= 11 is 3.79. The molecule has 2 heterocycles. The van der Waals surface area contributed by atoms with Crippen LogP contribution in [0.25, 0.3) is 72.0 Å². The zero-order chi connectivity index (χ0) is 30.3. The van der Waals surface area contributed by atoms with E-state index in [1.54, 1.807) is 0 Å². The molecule has 0 bridgehead atoms. The monoisotopic (exact) mass is 641 g/mol. The molecule has 1 aliphatic rings. The van der Waals surface area contributed by atoms with Crippen LogP contribution in [0.4, 0.5) is 0 Å². The molecular formula is C41H28BrN3. The highest BCUT2D eigenvalue weighted by Crippen LogP contribution is 2.49. The minimum Gasteiger partial charge on any atom is -0.309 e. The van der Waals surface area contributed by atoms with E-state index < -0.39 is 0 Å². The smallest absolute Gasteiger partial charge is 0.0979 e. The predicted molar refractivity (Wildman–Crippen MR) is 190 cm³/mol. The molecule has 3 nitrogen and oxygen atoms in total. The summed E-state index contributed by atoms with van der Waals surface area (Å²) in [5.41, 5.74) is 11.5. The molecule has 0 saturated carbocycles. The van der Waals surface area contributed by atoms with Crippen molar-refractivity contribution in [2.24, 2.45) is 0 Å². The van der Waals surface area contributed by atoms with E-state index in [9.17, 15) is 0 Å². The average Bonchev–Trinajstić information content (AvgIpc) is 3.52. The fraction of sp³-hybridized carbons (Fsp3) is 0.0732. The molecule has 0 radical (unpaired) electrons. The van der Waals surface area contributed by atoms with E-state index in [1.165, 1.54) is 27.4 Å². The van der Waals surface area contributed by atoms with Gasteiger partial charge in [0.05, 0.1) is 33.8 Å². The van der Waals surface area contributed by atoms with Crippen LogP contribution in [0, 0.1) is 0 Å². The molecule has 0 amide bonds. The molecule has 1 aliphatic carbocycles. The number of aromatic nitrogens is 3. The van der Waals surface area contributed by atoms with Crippen molar-refractivity contribution in [1.82, 2.24) is 14.5 Å². The van der Waals surface area contributed by atoms with E-state index in [2.05, 4.69) is 168 Å². The summed E-state index contributed by atoms with van der Waals surface area (Å²) in [7, 11) is 0. The van der Waals surface area contributed by atoms with Crippen LogP contribution in [0.5, 0.6) is 0 Å². The van der Waals surface area contributed by atoms with E-state index in [-0.39, 0.29) is 5.41 Å². The number of fused-ring (bicyclic) bond motifs is 7. The lowest BCUT2D eigenvalue weighted by atomic mass is 9.85. The quantitative estimate of drug-likeness (QED) is 0.192. The molecule has 0 aliphatic heterocycles. The zero-order valence-electron chi connectivity index (χ0n) is 24.9. The van der Waals surface area contributed by atoms with Crippen LogP contribution in [0.1, 0.15) is 25.1 Å². The van der Waals surface area contributed by atoms with Crippen LogP contribution < -0.4 is 0 Å². The van der Waals surface area contributed by atoms with Crippen molar-refractivity contribution in [2.45, 2.75) is 19.3 Å². The van der Waals surface area contributed by atoms with Gasteiger partial charge in [-0.2, -0.15) is 0 Å². The van der Waals surface area contributed by atoms with Gasteiger partial charge in [0.15, 0.2) is 0 Å². The Morgan fingerprint density at radius 3 is 2.11 bits per heavy atom. The predicted octanol–water partition coefficient (Wildman–Crippen LogP) is 11.1. The number of hydrogen-bond acceptors (Lipinski definition) is 2. The number of halogens is 1. The molecule has 45 heavy (non-hydrogen) atoms. The molecule has 0 unspecified atom stereocenters. The van der Waals surface area contributed by atoms with Crippen molar-refractivity contribution < 1.29 is 0 Å². The molecule has 0 spiro atoms.